The van der Waals surface area contributed by atoms with Gasteiger partial charge in [-0.1, -0.05) is 28.1 Å². The van der Waals surface area contributed by atoms with Crippen LogP contribution in [-0.2, 0) is 11.2 Å². The number of amides is 1. The Bertz CT molecular complexity index is 440. The maximum absolute atomic E-state index is 11.8. The highest BCUT2D eigenvalue weighted by Gasteiger charge is 2.41. The monoisotopic (exact) mass is 338 g/mol. The first kappa shape index (κ1) is 15.5. The zero-order valence-corrected chi connectivity index (χ0v) is 13.6. The number of hydrogen-bond donors (Lipinski definition) is 2. The summed E-state index contributed by atoms with van der Waals surface area (Å²) >= 11 is 3.43. The van der Waals surface area contributed by atoms with Gasteiger partial charge in [0.2, 0.25) is 5.91 Å². The molecule has 1 aromatic carbocycles. The van der Waals surface area contributed by atoms with E-state index in [2.05, 4.69) is 38.7 Å². The number of benzene rings is 1. The summed E-state index contributed by atoms with van der Waals surface area (Å²) in [5.74, 6) is 0.185. The van der Waals surface area contributed by atoms with Gasteiger partial charge in [-0.3, -0.25) is 4.79 Å². The summed E-state index contributed by atoms with van der Waals surface area (Å²) in [6, 6.07) is 8.30. The van der Waals surface area contributed by atoms with E-state index in [0.29, 0.717) is 11.8 Å². The highest BCUT2D eigenvalue weighted by molar-refractivity contribution is 9.10. The molecule has 110 valence electrons. The van der Waals surface area contributed by atoms with Gasteiger partial charge >= 0.3 is 0 Å². The van der Waals surface area contributed by atoms with E-state index in [1.807, 2.05) is 19.2 Å². The van der Waals surface area contributed by atoms with E-state index in [9.17, 15) is 4.79 Å². The van der Waals surface area contributed by atoms with E-state index in [1.165, 1.54) is 18.4 Å². The van der Waals surface area contributed by atoms with Crippen LogP contribution in [0.2, 0.25) is 0 Å². The summed E-state index contributed by atoms with van der Waals surface area (Å²) in [5, 5.41) is 6.29. The smallest absolute Gasteiger partial charge is 0.220 e. The molecule has 4 heteroatoms. The van der Waals surface area contributed by atoms with Gasteiger partial charge in [-0.25, -0.2) is 0 Å². The molecule has 1 amide bonds. The third kappa shape index (κ3) is 4.91. The molecule has 0 spiro atoms. The molecule has 1 saturated carbocycles. The predicted molar refractivity (Wildman–Crippen MR) is 85.7 cm³/mol. The first-order valence-electron chi connectivity index (χ1n) is 7.29. The third-order valence-corrected chi connectivity index (χ3v) is 4.48. The van der Waals surface area contributed by atoms with Gasteiger partial charge in [0.15, 0.2) is 0 Å². The van der Waals surface area contributed by atoms with Gasteiger partial charge in [-0.2, -0.15) is 0 Å². The first-order chi connectivity index (χ1) is 9.63. The topological polar surface area (TPSA) is 41.1 Å². The fraction of sp³-hybridized carbons (Fsp3) is 0.562. The number of carbonyl (C=O) groups is 1. The summed E-state index contributed by atoms with van der Waals surface area (Å²) in [6.45, 7) is 1.83. The fourth-order valence-corrected chi connectivity index (χ4v) is 2.71. The quantitative estimate of drug-likeness (QED) is 0.765. The van der Waals surface area contributed by atoms with Crippen molar-refractivity contribution in [2.45, 2.75) is 32.1 Å². The van der Waals surface area contributed by atoms with Crippen LogP contribution in [0.5, 0.6) is 0 Å². The molecule has 0 aliphatic heterocycles. The van der Waals surface area contributed by atoms with Crippen LogP contribution in [0.25, 0.3) is 0 Å². The lowest BCUT2D eigenvalue weighted by atomic mass is 10.1. The standard InChI is InChI=1S/C16H23BrN2O/c1-18-11-16(9-10-16)12-19-15(20)4-2-3-13-5-7-14(17)8-6-13/h5-8,18H,2-4,9-12H2,1H3,(H,19,20). The molecule has 0 aromatic heterocycles. The highest BCUT2D eigenvalue weighted by Crippen LogP contribution is 2.44. The van der Waals surface area contributed by atoms with Crippen molar-refractivity contribution in [2.75, 3.05) is 20.1 Å². The van der Waals surface area contributed by atoms with Crippen molar-refractivity contribution in [3.8, 4) is 0 Å². The Morgan fingerprint density at radius 1 is 1.25 bits per heavy atom. The second-order valence-electron chi connectivity index (χ2n) is 5.79. The minimum absolute atomic E-state index is 0.185. The maximum atomic E-state index is 11.8. The molecule has 2 rings (SSSR count). The number of nitrogens with one attached hydrogen (secondary N) is 2. The Labute approximate surface area is 129 Å². The number of hydrogen-bond acceptors (Lipinski definition) is 2. The molecule has 0 unspecified atom stereocenters. The van der Waals surface area contributed by atoms with Crippen LogP contribution < -0.4 is 10.6 Å². The minimum atomic E-state index is 0.185. The number of rotatable bonds is 8. The molecule has 1 aliphatic carbocycles. The molecule has 2 N–H and O–H groups in total. The Morgan fingerprint density at radius 2 is 1.95 bits per heavy atom. The molecule has 0 atom stereocenters. The van der Waals surface area contributed by atoms with E-state index in [-0.39, 0.29) is 5.91 Å². The zero-order valence-electron chi connectivity index (χ0n) is 12.0. The molecule has 0 bridgehead atoms. The molecule has 0 saturated heterocycles. The van der Waals surface area contributed by atoms with Gasteiger partial charge in [0, 0.05) is 29.4 Å². The largest absolute Gasteiger partial charge is 0.355 e. The van der Waals surface area contributed by atoms with Gasteiger partial charge in [0.1, 0.15) is 0 Å². The van der Waals surface area contributed by atoms with Crippen molar-refractivity contribution in [1.82, 2.24) is 10.6 Å². The average Bonchev–Trinajstić information content (AvgIpc) is 3.20. The Morgan fingerprint density at radius 3 is 2.55 bits per heavy atom. The summed E-state index contributed by atoms with van der Waals surface area (Å²) < 4.78 is 1.10. The summed E-state index contributed by atoms with van der Waals surface area (Å²) in [7, 11) is 1.97. The van der Waals surface area contributed by atoms with Crippen LogP contribution in [0.1, 0.15) is 31.2 Å². The summed E-state index contributed by atoms with van der Waals surface area (Å²) in [4.78, 5) is 11.8. The molecule has 20 heavy (non-hydrogen) atoms. The Hall–Kier alpha value is -0.870. The average molecular weight is 339 g/mol. The van der Waals surface area contributed by atoms with Crippen molar-refractivity contribution in [3.05, 3.63) is 34.3 Å². The van der Waals surface area contributed by atoms with E-state index >= 15 is 0 Å². The normalized spacial score (nSPS) is 15.9. The van der Waals surface area contributed by atoms with E-state index in [0.717, 1.165) is 30.4 Å². The van der Waals surface area contributed by atoms with Crippen LogP contribution in [-0.4, -0.2) is 26.0 Å². The molecule has 0 heterocycles. The van der Waals surface area contributed by atoms with Crippen molar-refractivity contribution in [2.24, 2.45) is 5.41 Å². The molecule has 1 fully saturated rings. The molecular weight excluding hydrogens is 316 g/mol. The van der Waals surface area contributed by atoms with E-state index in [4.69, 9.17) is 0 Å². The lowest BCUT2D eigenvalue weighted by Gasteiger charge is -2.15. The highest BCUT2D eigenvalue weighted by atomic mass is 79.9. The van der Waals surface area contributed by atoms with Crippen LogP contribution >= 0.6 is 15.9 Å². The Balaban J connectivity index is 1.62. The fourth-order valence-electron chi connectivity index (χ4n) is 2.45. The second-order valence-corrected chi connectivity index (χ2v) is 6.70. The van der Waals surface area contributed by atoms with E-state index in [1.54, 1.807) is 0 Å². The SMILES string of the molecule is CNCC1(CNC(=O)CCCc2ccc(Br)cc2)CC1. The molecule has 1 aromatic rings. The van der Waals surface area contributed by atoms with Crippen LogP contribution in [0.15, 0.2) is 28.7 Å². The molecular formula is C16H23BrN2O. The lowest BCUT2D eigenvalue weighted by Crippen LogP contribution is -2.34. The molecule has 0 radical (unpaired) electrons. The predicted octanol–water partition coefficient (Wildman–Crippen LogP) is 2.89. The molecule has 3 nitrogen and oxygen atoms in total. The zero-order chi connectivity index (χ0) is 14.4. The number of aryl methyl sites for hydroxylation is 1. The van der Waals surface area contributed by atoms with Crippen LogP contribution in [0, 0.1) is 5.41 Å². The van der Waals surface area contributed by atoms with E-state index < -0.39 is 0 Å². The second kappa shape index (κ2) is 7.23. The first-order valence-corrected chi connectivity index (χ1v) is 8.09. The maximum Gasteiger partial charge on any atom is 0.220 e. The van der Waals surface area contributed by atoms with Crippen molar-refractivity contribution >= 4 is 21.8 Å². The van der Waals surface area contributed by atoms with Crippen molar-refractivity contribution in [3.63, 3.8) is 0 Å². The van der Waals surface area contributed by atoms with Gasteiger partial charge in [0.05, 0.1) is 0 Å². The minimum Gasteiger partial charge on any atom is -0.355 e. The number of carbonyl (C=O) groups excluding carboxylic acids is 1. The summed E-state index contributed by atoms with van der Waals surface area (Å²) in [6.07, 6.45) is 4.95. The van der Waals surface area contributed by atoms with Crippen molar-refractivity contribution in [1.29, 1.82) is 0 Å². The molecule has 1 aliphatic rings. The van der Waals surface area contributed by atoms with Gasteiger partial charge in [-0.15, -0.1) is 0 Å². The lowest BCUT2D eigenvalue weighted by molar-refractivity contribution is -0.121. The Kier molecular flexibility index (Phi) is 5.61. The van der Waals surface area contributed by atoms with Gasteiger partial charge < -0.3 is 10.6 Å². The summed E-state index contributed by atoms with van der Waals surface area (Å²) in [5.41, 5.74) is 1.63. The van der Waals surface area contributed by atoms with Crippen LogP contribution in [0.4, 0.5) is 0 Å². The van der Waals surface area contributed by atoms with Gasteiger partial charge in [0.25, 0.3) is 0 Å². The van der Waals surface area contributed by atoms with Crippen molar-refractivity contribution < 1.29 is 4.79 Å². The third-order valence-electron chi connectivity index (χ3n) is 3.95. The van der Waals surface area contributed by atoms with Crippen LogP contribution in [0.3, 0.4) is 0 Å². The number of halogens is 1. The van der Waals surface area contributed by atoms with Gasteiger partial charge in [-0.05, 0) is 50.4 Å².